The number of amides is 2. The molecule has 1 aliphatic rings. The zero-order valence-corrected chi connectivity index (χ0v) is 17.4. The van der Waals surface area contributed by atoms with Gasteiger partial charge in [-0.2, -0.15) is 0 Å². The van der Waals surface area contributed by atoms with Crippen molar-refractivity contribution in [3.63, 3.8) is 0 Å². The molecule has 0 aromatic heterocycles. The molecule has 0 saturated carbocycles. The second-order valence-electron chi connectivity index (χ2n) is 7.57. The molecular weight excluding hydrogens is 390 g/mol. The summed E-state index contributed by atoms with van der Waals surface area (Å²) in [5, 5.41) is 5.67. The summed E-state index contributed by atoms with van der Waals surface area (Å²) in [6.45, 7) is -0.177. The van der Waals surface area contributed by atoms with Crippen molar-refractivity contribution in [1.82, 2.24) is 5.32 Å². The van der Waals surface area contributed by atoms with Crippen molar-refractivity contribution in [2.24, 2.45) is 5.73 Å². The second kappa shape index (κ2) is 9.02. The van der Waals surface area contributed by atoms with Crippen LogP contribution in [-0.4, -0.2) is 31.5 Å². The van der Waals surface area contributed by atoms with E-state index in [0.717, 1.165) is 17.7 Å². The van der Waals surface area contributed by atoms with E-state index < -0.39 is 6.04 Å². The average molecular weight is 415 g/mol. The van der Waals surface area contributed by atoms with Gasteiger partial charge in [0.25, 0.3) is 0 Å². The first-order valence-electron chi connectivity index (χ1n) is 10.2. The fourth-order valence-corrected chi connectivity index (χ4v) is 3.91. The zero-order chi connectivity index (χ0) is 21.8. The molecule has 0 bridgehead atoms. The predicted molar refractivity (Wildman–Crippen MR) is 121 cm³/mol. The van der Waals surface area contributed by atoms with E-state index in [9.17, 15) is 9.59 Å². The third-order valence-electron chi connectivity index (χ3n) is 5.50. The molecule has 0 spiro atoms. The van der Waals surface area contributed by atoms with Crippen LogP contribution in [-0.2, 0) is 22.4 Å². The number of nitrogens with one attached hydrogen (secondary N) is 2. The minimum Gasteiger partial charge on any atom is -0.497 e. The fourth-order valence-electron chi connectivity index (χ4n) is 3.91. The third kappa shape index (κ3) is 4.59. The number of hydrogen-bond acceptors (Lipinski definition) is 4. The van der Waals surface area contributed by atoms with Gasteiger partial charge in [-0.1, -0.05) is 42.5 Å². The first kappa shape index (κ1) is 20.6. The van der Waals surface area contributed by atoms with Crippen molar-refractivity contribution in [1.29, 1.82) is 0 Å². The van der Waals surface area contributed by atoms with Gasteiger partial charge in [-0.05, 0) is 58.5 Å². The Morgan fingerprint density at radius 1 is 1.00 bits per heavy atom. The first-order chi connectivity index (χ1) is 15.1. The minimum absolute atomic E-state index is 0.177. The molecule has 4 rings (SSSR count). The van der Waals surface area contributed by atoms with Crippen LogP contribution in [0.1, 0.15) is 16.7 Å². The Morgan fingerprint density at radius 2 is 1.74 bits per heavy atom. The molecule has 1 atom stereocenters. The summed E-state index contributed by atoms with van der Waals surface area (Å²) in [5.41, 5.74) is 12.0. The molecule has 31 heavy (non-hydrogen) atoms. The third-order valence-corrected chi connectivity index (χ3v) is 5.50. The normalized spacial score (nSPS) is 12.5. The smallest absolute Gasteiger partial charge is 0.247 e. The molecule has 0 saturated heterocycles. The molecule has 158 valence electrons. The highest BCUT2D eigenvalue weighted by Crippen LogP contribution is 2.37. The molecule has 2 amide bonds. The highest BCUT2D eigenvalue weighted by atomic mass is 16.5. The maximum atomic E-state index is 13.0. The lowest BCUT2D eigenvalue weighted by molar-refractivity contribution is -0.125. The summed E-state index contributed by atoms with van der Waals surface area (Å²) >= 11 is 0. The Kier molecular flexibility index (Phi) is 6.00. The van der Waals surface area contributed by atoms with E-state index >= 15 is 0 Å². The summed E-state index contributed by atoms with van der Waals surface area (Å²) in [6, 6.07) is 20.9. The van der Waals surface area contributed by atoms with Gasteiger partial charge in [0, 0.05) is 12.1 Å². The van der Waals surface area contributed by atoms with Gasteiger partial charge in [0.1, 0.15) is 11.8 Å². The maximum Gasteiger partial charge on any atom is 0.247 e. The van der Waals surface area contributed by atoms with Gasteiger partial charge in [0.05, 0.1) is 13.7 Å². The Balaban J connectivity index is 1.50. The van der Waals surface area contributed by atoms with Crippen LogP contribution in [0.15, 0.2) is 66.7 Å². The number of rotatable bonds is 7. The van der Waals surface area contributed by atoms with E-state index in [4.69, 9.17) is 10.5 Å². The van der Waals surface area contributed by atoms with Crippen LogP contribution in [0, 0.1) is 0 Å². The minimum atomic E-state index is -0.741. The van der Waals surface area contributed by atoms with Crippen LogP contribution in [0.25, 0.3) is 11.1 Å². The summed E-state index contributed by atoms with van der Waals surface area (Å²) in [5.74, 6) is 0.0704. The van der Waals surface area contributed by atoms with Gasteiger partial charge in [-0.3, -0.25) is 9.59 Å². The summed E-state index contributed by atoms with van der Waals surface area (Å²) in [6.07, 6.45) is 1.19. The Labute approximate surface area is 181 Å². The van der Waals surface area contributed by atoms with E-state index in [1.54, 1.807) is 7.11 Å². The molecule has 1 aliphatic carbocycles. The second-order valence-corrected chi connectivity index (χ2v) is 7.57. The first-order valence-corrected chi connectivity index (χ1v) is 10.2. The largest absolute Gasteiger partial charge is 0.497 e. The summed E-state index contributed by atoms with van der Waals surface area (Å²) in [4.78, 5) is 24.9. The SMILES string of the molecule is COc1ccc(CC(NC(=O)CN)C(=O)Nc2ccc3c(c2)Cc2ccccc2-3)cc1. The topological polar surface area (TPSA) is 93.4 Å². The van der Waals surface area contributed by atoms with Crippen LogP contribution < -0.4 is 21.1 Å². The molecule has 0 radical (unpaired) electrons. The number of carbonyl (C=O) groups excluding carboxylic acids is 2. The van der Waals surface area contributed by atoms with Crippen LogP contribution in [0.3, 0.4) is 0 Å². The van der Waals surface area contributed by atoms with Crippen molar-refractivity contribution >= 4 is 17.5 Å². The van der Waals surface area contributed by atoms with Gasteiger partial charge >= 0.3 is 0 Å². The maximum absolute atomic E-state index is 13.0. The number of methoxy groups -OCH3 is 1. The van der Waals surface area contributed by atoms with Crippen LogP contribution in [0.5, 0.6) is 5.75 Å². The highest BCUT2D eigenvalue weighted by Gasteiger charge is 2.23. The molecule has 0 fully saturated rings. The van der Waals surface area contributed by atoms with Crippen molar-refractivity contribution < 1.29 is 14.3 Å². The van der Waals surface area contributed by atoms with Crippen LogP contribution in [0.2, 0.25) is 0 Å². The zero-order valence-electron chi connectivity index (χ0n) is 17.4. The lowest BCUT2D eigenvalue weighted by Crippen LogP contribution is -2.47. The summed E-state index contributed by atoms with van der Waals surface area (Å²) in [7, 11) is 1.60. The number of nitrogens with two attached hydrogens (primary N) is 1. The van der Waals surface area contributed by atoms with Crippen LogP contribution in [0.4, 0.5) is 5.69 Å². The van der Waals surface area contributed by atoms with E-state index in [1.807, 2.05) is 54.6 Å². The molecule has 6 heteroatoms. The van der Waals surface area contributed by atoms with Gasteiger partial charge in [-0.15, -0.1) is 0 Å². The van der Waals surface area contributed by atoms with Crippen molar-refractivity contribution in [2.45, 2.75) is 18.9 Å². The Hall–Kier alpha value is -3.64. The Bertz CT molecular complexity index is 1110. The van der Waals surface area contributed by atoms with Crippen molar-refractivity contribution in [3.05, 3.63) is 83.4 Å². The van der Waals surface area contributed by atoms with Crippen molar-refractivity contribution in [2.75, 3.05) is 19.0 Å². The summed E-state index contributed by atoms with van der Waals surface area (Å²) < 4.78 is 5.18. The molecular formula is C25H25N3O3. The number of ether oxygens (including phenoxy) is 1. The lowest BCUT2D eigenvalue weighted by atomic mass is 10.0. The van der Waals surface area contributed by atoms with Gasteiger partial charge < -0.3 is 21.1 Å². The number of benzene rings is 3. The van der Waals surface area contributed by atoms with Crippen LogP contribution >= 0.6 is 0 Å². The van der Waals surface area contributed by atoms with Gasteiger partial charge in [0.2, 0.25) is 11.8 Å². The number of anilines is 1. The average Bonchev–Trinajstić information content (AvgIpc) is 3.16. The molecule has 0 aliphatic heterocycles. The molecule has 3 aromatic rings. The quantitative estimate of drug-likeness (QED) is 0.433. The number of hydrogen-bond donors (Lipinski definition) is 3. The van der Waals surface area contributed by atoms with E-state index in [1.165, 1.54) is 22.3 Å². The van der Waals surface area contributed by atoms with Gasteiger partial charge in [-0.25, -0.2) is 0 Å². The van der Waals surface area contributed by atoms with E-state index in [2.05, 4.69) is 22.8 Å². The monoisotopic (exact) mass is 415 g/mol. The Morgan fingerprint density at radius 3 is 2.48 bits per heavy atom. The molecule has 4 N–H and O–H groups in total. The standard InChI is InChI=1S/C25H25N3O3/c1-31-20-9-6-16(7-10-20)12-23(28-24(29)15-26)25(30)27-19-8-11-22-18(14-19)13-17-4-2-3-5-21(17)22/h2-11,14,23H,12-13,15,26H2,1H3,(H,27,30)(H,28,29). The predicted octanol–water partition coefficient (Wildman–Crippen LogP) is 2.89. The molecule has 3 aromatic carbocycles. The van der Waals surface area contributed by atoms with Crippen molar-refractivity contribution in [3.8, 4) is 16.9 Å². The number of fused-ring (bicyclic) bond motifs is 3. The highest BCUT2D eigenvalue weighted by molar-refractivity contribution is 5.98. The van der Waals surface area contributed by atoms with E-state index in [0.29, 0.717) is 12.1 Å². The van der Waals surface area contributed by atoms with Gasteiger partial charge in [0.15, 0.2) is 0 Å². The molecule has 6 nitrogen and oxygen atoms in total. The lowest BCUT2D eigenvalue weighted by Gasteiger charge is -2.19. The molecule has 0 heterocycles. The number of carbonyl (C=O) groups is 2. The van der Waals surface area contributed by atoms with E-state index in [-0.39, 0.29) is 18.4 Å². The molecule has 1 unspecified atom stereocenters. The fraction of sp³-hybridized carbons (Fsp3) is 0.200.